The number of nitrogens with zero attached hydrogens (tertiary/aromatic N) is 2. The Balaban J connectivity index is 1.32. The summed E-state index contributed by atoms with van der Waals surface area (Å²) < 4.78 is 17.4. The molecule has 2 aromatic heterocycles. The number of rotatable bonds is 7. The highest BCUT2D eigenvalue weighted by Crippen LogP contribution is 2.43. The van der Waals surface area contributed by atoms with Crippen LogP contribution in [0.3, 0.4) is 0 Å². The molecule has 0 radical (unpaired) electrons. The van der Waals surface area contributed by atoms with Gasteiger partial charge in [0, 0.05) is 17.4 Å². The zero-order chi connectivity index (χ0) is 26.8. The number of hydrogen-bond acceptors (Lipinski definition) is 6. The minimum Gasteiger partial charge on any atom is -0.490 e. The molecule has 8 heteroatoms. The van der Waals surface area contributed by atoms with E-state index >= 15 is 0 Å². The van der Waals surface area contributed by atoms with E-state index in [-0.39, 0.29) is 18.1 Å². The van der Waals surface area contributed by atoms with E-state index in [2.05, 4.69) is 15.2 Å². The van der Waals surface area contributed by atoms with Crippen LogP contribution in [-0.4, -0.2) is 29.3 Å². The first-order chi connectivity index (χ1) is 19.1. The van der Waals surface area contributed by atoms with Crippen LogP contribution in [-0.2, 0) is 4.74 Å². The highest BCUT2D eigenvalue weighted by Gasteiger charge is 2.42. The van der Waals surface area contributed by atoms with Gasteiger partial charge >= 0.3 is 5.97 Å². The molecule has 1 saturated heterocycles. The molecule has 2 aromatic carbocycles. The number of carbonyl (C=O) groups excluding carboxylic acids is 1. The maximum absolute atomic E-state index is 11.8. The minimum absolute atomic E-state index is 0.214. The van der Waals surface area contributed by atoms with Gasteiger partial charge in [-0.25, -0.2) is 4.79 Å². The van der Waals surface area contributed by atoms with E-state index in [0.717, 1.165) is 41.3 Å². The molecule has 4 aromatic rings. The summed E-state index contributed by atoms with van der Waals surface area (Å²) in [5, 5.41) is 4.07. The maximum atomic E-state index is 11.8. The summed E-state index contributed by atoms with van der Waals surface area (Å²) in [4.78, 5) is 18.5. The lowest BCUT2D eigenvalue weighted by atomic mass is 10.0. The lowest BCUT2D eigenvalue weighted by Gasteiger charge is -2.26. The monoisotopic (exact) mass is 539 g/mol. The number of benzene rings is 2. The molecule has 198 valence electrons. The van der Waals surface area contributed by atoms with Crippen LogP contribution in [0, 0.1) is 0 Å². The van der Waals surface area contributed by atoms with E-state index in [1.807, 2.05) is 66.7 Å². The fourth-order valence-corrected chi connectivity index (χ4v) is 5.71. The summed E-state index contributed by atoms with van der Waals surface area (Å²) in [7, 11) is 1.37. The number of thiocarbonyl (C=S) groups is 1. The number of carbonyl (C=O) groups is 1. The van der Waals surface area contributed by atoms with Gasteiger partial charge in [0.2, 0.25) is 0 Å². The second kappa shape index (κ2) is 10.9. The lowest BCUT2D eigenvalue weighted by Crippen LogP contribution is -2.29. The van der Waals surface area contributed by atoms with Gasteiger partial charge in [-0.3, -0.25) is 4.98 Å². The van der Waals surface area contributed by atoms with Gasteiger partial charge < -0.3 is 24.1 Å². The van der Waals surface area contributed by atoms with Gasteiger partial charge in [-0.2, -0.15) is 0 Å². The van der Waals surface area contributed by atoms with E-state index in [4.69, 9.17) is 26.1 Å². The Morgan fingerprint density at radius 3 is 2.46 bits per heavy atom. The summed E-state index contributed by atoms with van der Waals surface area (Å²) >= 11 is 5.85. The van der Waals surface area contributed by atoms with Gasteiger partial charge in [0.25, 0.3) is 0 Å². The average molecular weight is 540 g/mol. The van der Waals surface area contributed by atoms with Crippen LogP contribution in [0.2, 0.25) is 0 Å². The van der Waals surface area contributed by atoms with E-state index in [9.17, 15) is 4.79 Å². The van der Waals surface area contributed by atoms with E-state index in [1.54, 1.807) is 18.3 Å². The minimum atomic E-state index is -0.374. The third-order valence-electron chi connectivity index (χ3n) is 7.33. The topological polar surface area (TPSA) is 76.8 Å². The maximum Gasteiger partial charge on any atom is 0.337 e. The molecule has 1 N–H and O–H groups in total. The van der Waals surface area contributed by atoms with Gasteiger partial charge in [0.05, 0.1) is 30.5 Å². The molecule has 1 aliphatic heterocycles. The normalized spacial score (nSPS) is 19.2. The number of esters is 1. The van der Waals surface area contributed by atoms with Gasteiger partial charge in [0.15, 0.2) is 5.11 Å². The first-order valence-corrected chi connectivity index (χ1v) is 13.6. The van der Waals surface area contributed by atoms with Crippen molar-refractivity contribution >= 4 is 29.0 Å². The Morgan fingerprint density at radius 2 is 1.77 bits per heavy atom. The van der Waals surface area contributed by atoms with Crippen molar-refractivity contribution in [2.24, 2.45) is 0 Å². The molecule has 39 heavy (non-hydrogen) atoms. The van der Waals surface area contributed by atoms with E-state index in [1.165, 1.54) is 20.0 Å². The molecular weight excluding hydrogens is 510 g/mol. The smallest absolute Gasteiger partial charge is 0.337 e. The van der Waals surface area contributed by atoms with Crippen LogP contribution < -0.4 is 15.0 Å². The molecule has 6 rings (SSSR count). The quantitative estimate of drug-likeness (QED) is 0.207. The Hall–Kier alpha value is -4.17. The molecule has 0 spiro atoms. The fraction of sp³-hybridized carbons (Fsp3) is 0.258. The first-order valence-electron chi connectivity index (χ1n) is 13.2. The van der Waals surface area contributed by atoms with Crippen molar-refractivity contribution in [1.82, 2.24) is 10.3 Å². The number of aromatic nitrogens is 1. The Labute approximate surface area is 232 Å². The Bertz CT molecular complexity index is 1450. The van der Waals surface area contributed by atoms with Crippen molar-refractivity contribution in [3.05, 3.63) is 102 Å². The highest BCUT2D eigenvalue weighted by atomic mass is 32.1. The second-order valence-corrected chi connectivity index (χ2v) is 10.2. The van der Waals surface area contributed by atoms with Crippen molar-refractivity contribution in [2.45, 2.75) is 43.9 Å². The molecule has 3 heterocycles. The predicted molar refractivity (Wildman–Crippen MR) is 153 cm³/mol. The molecule has 0 bridgehead atoms. The van der Waals surface area contributed by atoms with Crippen LogP contribution in [0.4, 0.5) is 5.69 Å². The van der Waals surface area contributed by atoms with Gasteiger partial charge in [-0.05, 0) is 98.6 Å². The lowest BCUT2D eigenvalue weighted by molar-refractivity contribution is 0.0600. The fourth-order valence-electron chi connectivity index (χ4n) is 5.36. The van der Waals surface area contributed by atoms with Crippen molar-refractivity contribution in [3.8, 4) is 17.1 Å². The summed E-state index contributed by atoms with van der Waals surface area (Å²) in [6.45, 7) is 0. The zero-order valence-corrected chi connectivity index (χ0v) is 22.4. The third-order valence-corrected chi connectivity index (χ3v) is 7.64. The number of anilines is 1. The predicted octanol–water partition coefficient (Wildman–Crippen LogP) is 6.63. The van der Waals surface area contributed by atoms with Crippen LogP contribution in [0.25, 0.3) is 11.3 Å². The highest BCUT2D eigenvalue weighted by molar-refractivity contribution is 7.80. The molecule has 1 saturated carbocycles. The molecular formula is C31H29N3O4S. The summed E-state index contributed by atoms with van der Waals surface area (Å²) in [6.07, 6.45) is 6.77. The van der Waals surface area contributed by atoms with Crippen molar-refractivity contribution in [1.29, 1.82) is 0 Å². The molecule has 2 atom stereocenters. The number of nitrogens with one attached hydrogen (secondary N) is 1. The van der Waals surface area contributed by atoms with Crippen molar-refractivity contribution in [2.75, 3.05) is 12.0 Å². The molecule has 1 aliphatic carbocycles. The zero-order valence-electron chi connectivity index (χ0n) is 21.6. The number of furan rings is 1. The molecule has 0 amide bonds. The number of hydrogen-bond donors (Lipinski definition) is 1. The Morgan fingerprint density at radius 1 is 1.00 bits per heavy atom. The van der Waals surface area contributed by atoms with E-state index in [0.29, 0.717) is 22.5 Å². The van der Waals surface area contributed by atoms with Crippen LogP contribution in [0.5, 0.6) is 5.75 Å². The second-order valence-electron chi connectivity index (χ2n) is 9.79. The third kappa shape index (κ3) is 5.12. The van der Waals surface area contributed by atoms with Gasteiger partial charge in [-0.15, -0.1) is 0 Å². The number of methoxy groups -OCH3 is 1. The average Bonchev–Trinajstić information content (AvgIpc) is 3.74. The summed E-state index contributed by atoms with van der Waals surface area (Å²) in [5.74, 6) is 1.94. The molecule has 0 unspecified atom stereocenters. The summed E-state index contributed by atoms with van der Waals surface area (Å²) in [6, 6.07) is 24.6. The van der Waals surface area contributed by atoms with Crippen LogP contribution in [0.15, 0.2) is 89.5 Å². The van der Waals surface area contributed by atoms with Crippen molar-refractivity contribution in [3.63, 3.8) is 0 Å². The number of ether oxygens (including phenoxy) is 2. The van der Waals surface area contributed by atoms with Gasteiger partial charge in [0.1, 0.15) is 23.3 Å². The molecule has 2 aliphatic rings. The van der Waals surface area contributed by atoms with Crippen LogP contribution in [0.1, 0.15) is 59.6 Å². The van der Waals surface area contributed by atoms with Gasteiger partial charge in [-0.1, -0.05) is 18.2 Å². The molecule has 7 nitrogen and oxygen atoms in total. The van der Waals surface area contributed by atoms with Crippen LogP contribution >= 0.6 is 12.2 Å². The first kappa shape index (κ1) is 25.1. The molecule has 2 fully saturated rings. The van der Waals surface area contributed by atoms with Crippen molar-refractivity contribution < 1.29 is 18.7 Å². The largest absolute Gasteiger partial charge is 0.490 e. The Kier molecular flexibility index (Phi) is 7.02. The number of pyridine rings is 1. The summed E-state index contributed by atoms with van der Waals surface area (Å²) in [5.41, 5.74) is 3.15. The van der Waals surface area contributed by atoms with E-state index < -0.39 is 0 Å². The standard InChI is InChI=1S/C31H29N3O4S/c1-36-30(35)21-11-9-20(10-12-21)26-17-18-27(38-26)29-28(25-8-4-5-19-32-25)33-31(39)34(29)22-13-15-24(16-14-22)37-23-6-2-3-7-23/h4-5,8-19,23,28-29H,2-3,6-7H2,1H3,(H,33,39)/t28-,29-/m0/s1. The SMILES string of the molecule is COC(=O)c1ccc(-c2ccc([C@H]3[C@H](c4ccccn4)NC(=S)N3c3ccc(OC4CCCC4)cc3)o2)cc1.